The van der Waals surface area contributed by atoms with Gasteiger partial charge in [-0.3, -0.25) is 4.90 Å². The van der Waals surface area contributed by atoms with E-state index in [0.29, 0.717) is 19.7 Å². The zero-order chi connectivity index (χ0) is 20.5. The highest BCUT2D eigenvalue weighted by atomic mass is 16.5. The average molecular weight is 408 g/mol. The first kappa shape index (κ1) is 22.0. The van der Waals surface area contributed by atoms with E-state index in [9.17, 15) is 0 Å². The summed E-state index contributed by atoms with van der Waals surface area (Å²) in [5.74, 6) is 2.56. The topological polar surface area (TPSA) is 88.8 Å². The standard InChI is InChI=1S/C20H37N7O2/c1-17-24-25-18(26(17)2)15-22-19(21-9-12-28-3)23-16-20(7-5-4-6-8-20)27-10-13-29-14-11-27/h4-16H2,1-3H3,(H2,21,22,23). The highest BCUT2D eigenvalue weighted by molar-refractivity contribution is 5.79. The van der Waals surface area contributed by atoms with Crippen LogP contribution in [0.1, 0.15) is 43.8 Å². The molecule has 164 valence electrons. The predicted molar refractivity (Wildman–Crippen MR) is 113 cm³/mol. The minimum atomic E-state index is 0.188. The van der Waals surface area contributed by atoms with Gasteiger partial charge in [0.05, 0.1) is 19.8 Å². The Bertz CT molecular complexity index is 649. The molecule has 9 heteroatoms. The van der Waals surface area contributed by atoms with Crippen molar-refractivity contribution in [3.63, 3.8) is 0 Å². The third-order valence-electron chi connectivity index (χ3n) is 6.21. The van der Waals surface area contributed by atoms with Crippen molar-refractivity contribution in [2.24, 2.45) is 12.0 Å². The van der Waals surface area contributed by atoms with Crippen LogP contribution in [0.3, 0.4) is 0 Å². The van der Waals surface area contributed by atoms with Crippen LogP contribution in [0, 0.1) is 6.92 Å². The molecule has 2 fully saturated rings. The minimum Gasteiger partial charge on any atom is -0.383 e. The minimum absolute atomic E-state index is 0.188. The Hall–Kier alpha value is -1.71. The molecular weight excluding hydrogens is 370 g/mol. The molecule has 2 aliphatic rings. The maximum Gasteiger partial charge on any atom is 0.191 e. The molecule has 2 heterocycles. The van der Waals surface area contributed by atoms with E-state index in [4.69, 9.17) is 14.5 Å². The molecule has 2 N–H and O–H groups in total. The molecule has 1 aromatic heterocycles. The summed E-state index contributed by atoms with van der Waals surface area (Å²) in [7, 11) is 3.69. The fourth-order valence-electron chi connectivity index (χ4n) is 4.28. The predicted octanol–water partition coefficient (Wildman–Crippen LogP) is 0.840. The van der Waals surface area contributed by atoms with E-state index >= 15 is 0 Å². The van der Waals surface area contributed by atoms with Crippen molar-refractivity contribution in [1.29, 1.82) is 0 Å². The molecular formula is C20H37N7O2. The Morgan fingerprint density at radius 2 is 1.93 bits per heavy atom. The zero-order valence-corrected chi connectivity index (χ0v) is 18.2. The van der Waals surface area contributed by atoms with Crippen molar-refractivity contribution >= 4 is 5.96 Å². The number of aliphatic imine (C=N–C) groups is 1. The number of methoxy groups -OCH3 is 1. The van der Waals surface area contributed by atoms with Gasteiger partial charge in [0.2, 0.25) is 0 Å². The second-order valence-electron chi connectivity index (χ2n) is 8.04. The molecule has 0 radical (unpaired) electrons. The van der Waals surface area contributed by atoms with E-state index in [1.807, 2.05) is 18.5 Å². The Morgan fingerprint density at radius 3 is 2.59 bits per heavy atom. The van der Waals surface area contributed by atoms with Gasteiger partial charge in [-0.15, -0.1) is 10.2 Å². The number of ether oxygens (including phenoxy) is 2. The van der Waals surface area contributed by atoms with Gasteiger partial charge in [0.1, 0.15) is 12.4 Å². The molecule has 3 rings (SSSR count). The molecule has 0 bridgehead atoms. The Labute approximate surface area is 174 Å². The number of nitrogens with zero attached hydrogens (tertiary/aromatic N) is 5. The molecule has 0 atom stereocenters. The molecule has 1 saturated heterocycles. The van der Waals surface area contributed by atoms with Crippen molar-refractivity contribution in [3.8, 4) is 0 Å². The van der Waals surface area contributed by atoms with E-state index in [-0.39, 0.29) is 5.54 Å². The number of nitrogens with one attached hydrogen (secondary N) is 2. The highest BCUT2D eigenvalue weighted by Crippen LogP contribution is 2.33. The summed E-state index contributed by atoms with van der Waals surface area (Å²) in [6, 6.07) is 0. The molecule has 0 spiro atoms. The largest absolute Gasteiger partial charge is 0.383 e. The first-order chi connectivity index (χ1) is 14.1. The van der Waals surface area contributed by atoms with Crippen LogP contribution >= 0.6 is 0 Å². The second-order valence-corrected chi connectivity index (χ2v) is 8.04. The van der Waals surface area contributed by atoms with Gasteiger partial charge < -0.3 is 24.7 Å². The van der Waals surface area contributed by atoms with Gasteiger partial charge in [-0.1, -0.05) is 19.3 Å². The lowest BCUT2D eigenvalue weighted by Crippen LogP contribution is -2.60. The van der Waals surface area contributed by atoms with Gasteiger partial charge in [-0.05, 0) is 19.8 Å². The summed E-state index contributed by atoms with van der Waals surface area (Å²) in [6.45, 7) is 8.38. The Kier molecular flexibility index (Phi) is 8.26. The Balaban J connectivity index is 1.67. The molecule has 1 aliphatic heterocycles. The molecule has 0 amide bonds. The van der Waals surface area contributed by atoms with Crippen LogP contribution in [0.2, 0.25) is 0 Å². The van der Waals surface area contributed by atoms with Gasteiger partial charge in [-0.2, -0.15) is 0 Å². The van der Waals surface area contributed by atoms with Crippen LogP contribution in [0.15, 0.2) is 4.99 Å². The third kappa shape index (κ3) is 5.90. The van der Waals surface area contributed by atoms with Crippen LogP contribution < -0.4 is 10.6 Å². The number of morpholine rings is 1. The lowest BCUT2D eigenvalue weighted by atomic mass is 9.80. The normalized spacial score (nSPS) is 20.6. The average Bonchev–Trinajstić information content (AvgIpc) is 3.09. The van der Waals surface area contributed by atoms with Crippen molar-refractivity contribution in [2.45, 2.75) is 51.1 Å². The van der Waals surface area contributed by atoms with Crippen LogP contribution in [0.25, 0.3) is 0 Å². The fraction of sp³-hybridized carbons (Fsp3) is 0.850. The molecule has 9 nitrogen and oxygen atoms in total. The van der Waals surface area contributed by atoms with Gasteiger partial charge >= 0.3 is 0 Å². The lowest BCUT2D eigenvalue weighted by molar-refractivity contribution is -0.0352. The van der Waals surface area contributed by atoms with Crippen LogP contribution in [-0.2, 0) is 23.1 Å². The third-order valence-corrected chi connectivity index (χ3v) is 6.21. The van der Waals surface area contributed by atoms with Crippen LogP contribution in [-0.4, -0.2) is 84.3 Å². The molecule has 1 aromatic rings. The molecule has 29 heavy (non-hydrogen) atoms. The number of hydrogen-bond donors (Lipinski definition) is 2. The highest BCUT2D eigenvalue weighted by Gasteiger charge is 2.38. The van der Waals surface area contributed by atoms with E-state index in [1.54, 1.807) is 7.11 Å². The van der Waals surface area contributed by atoms with Gasteiger partial charge in [-0.25, -0.2) is 4.99 Å². The lowest BCUT2D eigenvalue weighted by Gasteiger charge is -2.48. The monoisotopic (exact) mass is 407 g/mol. The van der Waals surface area contributed by atoms with E-state index in [1.165, 1.54) is 32.1 Å². The van der Waals surface area contributed by atoms with Gasteiger partial charge in [0, 0.05) is 45.9 Å². The maximum atomic E-state index is 5.60. The van der Waals surface area contributed by atoms with Crippen molar-refractivity contribution in [1.82, 2.24) is 30.3 Å². The van der Waals surface area contributed by atoms with Crippen molar-refractivity contribution in [2.75, 3.05) is 53.1 Å². The number of aromatic nitrogens is 3. The molecule has 1 aliphatic carbocycles. The quantitative estimate of drug-likeness (QED) is 0.375. The van der Waals surface area contributed by atoms with Crippen LogP contribution in [0.5, 0.6) is 0 Å². The first-order valence-corrected chi connectivity index (χ1v) is 10.8. The SMILES string of the molecule is COCCNC(=NCc1nnc(C)n1C)NCC1(N2CCOCC2)CCCCC1. The maximum absolute atomic E-state index is 5.60. The fourth-order valence-corrected chi connectivity index (χ4v) is 4.28. The molecule has 0 unspecified atom stereocenters. The van der Waals surface area contributed by atoms with Gasteiger partial charge in [0.25, 0.3) is 0 Å². The first-order valence-electron chi connectivity index (χ1n) is 10.8. The number of aryl methyl sites for hydroxylation is 1. The summed E-state index contributed by atoms with van der Waals surface area (Å²) in [5.41, 5.74) is 0.188. The summed E-state index contributed by atoms with van der Waals surface area (Å²) < 4.78 is 12.8. The summed E-state index contributed by atoms with van der Waals surface area (Å²) in [5, 5.41) is 15.4. The van der Waals surface area contributed by atoms with Crippen LogP contribution in [0.4, 0.5) is 0 Å². The smallest absolute Gasteiger partial charge is 0.191 e. The summed E-state index contributed by atoms with van der Waals surface area (Å²) in [4.78, 5) is 7.41. The van der Waals surface area contributed by atoms with Crippen molar-refractivity contribution in [3.05, 3.63) is 11.6 Å². The zero-order valence-electron chi connectivity index (χ0n) is 18.2. The Morgan fingerprint density at radius 1 is 1.17 bits per heavy atom. The second kappa shape index (κ2) is 10.9. The van der Waals surface area contributed by atoms with Gasteiger partial charge in [0.15, 0.2) is 11.8 Å². The summed E-state index contributed by atoms with van der Waals surface area (Å²) in [6.07, 6.45) is 6.38. The number of hydrogen-bond acceptors (Lipinski definition) is 6. The summed E-state index contributed by atoms with van der Waals surface area (Å²) >= 11 is 0. The van der Waals surface area contributed by atoms with E-state index in [0.717, 1.165) is 50.5 Å². The van der Waals surface area contributed by atoms with Crippen molar-refractivity contribution < 1.29 is 9.47 Å². The number of guanidine groups is 1. The van der Waals surface area contributed by atoms with E-state index in [2.05, 4.69) is 25.7 Å². The molecule has 0 aromatic carbocycles. The number of rotatable bonds is 8. The van der Waals surface area contributed by atoms with E-state index < -0.39 is 0 Å². The molecule has 1 saturated carbocycles.